The molecule has 5 nitrogen and oxygen atoms in total. The fourth-order valence-electron chi connectivity index (χ4n) is 2.61. The summed E-state index contributed by atoms with van der Waals surface area (Å²) in [6.07, 6.45) is 1.90. The van der Waals surface area contributed by atoms with Gasteiger partial charge in [-0.3, -0.25) is 9.48 Å². The van der Waals surface area contributed by atoms with Crippen molar-refractivity contribution < 1.29 is 0 Å². The molecule has 0 bridgehead atoms. The van der Waals surface area contributed by atoms with Crippen molar-refractivity contribution in [2.24, 2.45) is 12.0 Å². The van der Waals surface area contributed by atoms with E-state index in [1.807, 2.05) is 74.0 Å². The van der Waals surface area contributed by atoms with Gasteiger partial charge in [-0.1, -0.05) is 48.5 Å². The Labute approximate surface area is 162 Å². The number of nitrogens with zero attached hydrogens (tertiary/aromatic N) is 3. The summed E-state index contributed by atoms with van der Waals surface area (Å²) >= 11 is 5.79. The average molecular weight is 385 g/mol. The van der Waals surface area contributed by atoms with Gasteiger partial charge in [0.25, 0.3) is 5.56 Å². The number of thiol groups is 1. The first kappa shape index (κ1) is 18.4. The summed E-state index contributed by atoms with van der Waals surface area (Å²) in [5, 5.41) is 3.21. The van der Waals surface area contributed by atoms with Crippen molar-refractivity contribution in [2.45, 2.75) is 6.54 Å². The Balaban J connectivity index is 2.09. The van der Waals surface area contributed by atoms with Gasteiger partial charge in [-0.15, -0.1) is 24.4 Å². The van der Waals surface area contributed by atoms with Gasteiger partial charge in [0, 0.05) is 12.7 Å². The molecule has 0 atom stereocenters. The molecule has 7 heteroatoms. The number of hydrogen-bond acceptors (Lipinski definition) is 4. The van der Waals surface area contributed by atoms with Crippen LogP contribution >= 0.6 is 24.4 Å². The Morgan fingerprint density at radius 3 is 2.35 bits per heavy atom. The zero-order valence-electron chi connectivity index (χ0n) is 14.6. The van der Waals surface area contributed by atoms with E-state index < -0.39 is 0 Å². The van der Waals surface area contributed by atoms with E-state index in [-0.39, 0.29) is 5.56 Å². The molecule has 134 valence electrons. The van der Waals surface area contributed by atoms with Crippen LogP contribution in [-0.4, -0.2) is 20.0 Å². The second-order valence-corrected chi connectivity index (χ2v) is 7.18. The molecule has 0 unspecified atom stereocenters. The molecule has 0 amide bonds. The molecule has 1 N–H and O–H groups in total. The summed E-state index contributed by atoms with van der Waals surface area (Å²) in [5.41, 5.74) is 2.20. The first-order chi connectivity index (χ1) is 12.6. The first-order valence-electron chi connectivity index (χ1n) is 8.07. The van der Waals surface area contributed by atoms with Crippen molar-refractivity contribution in [2.75, 3.05) is 11.6 Å². The highest BCUT2D eigenvalue weighted by Gasteiger charge is 2.18. The Bertz CT molecular complexity index is 962. The number of hydrogen-bond donors (Lipinski definition) is 2. The van der Waals surface area contributed by atoms with E-state index in [0.717, 1.165) is 11.3 Å². The van der Waals surface area contributed by atoms with E-state index in [4.69, 9.17) is 0 Å². The van der Waals surface area contributed by atoms with Crippen LogP contribution in [0.1, 0.15) is 5.56 Å². The first-order valence-corrected chi connectivity index (χ1v) is 9.74. The van der Waals surface area contributed by atoms with Crippen LogP contribution < -0.4 is 10.9 Å². The molecule has 1 aromatic heterocycles. The lowest BCUT2D eigenvalue weighted by Crippen LogP contribution is -2.23. The van der Waals surface area contributed by atoms with Gasteiger partial charge in [-0.05, 0) is 24.0 Å². The Morgan fingerprint density at radius 2 is 1.73 bits per heavy atom. The van der Waals surface area contributed by atoms with E-state index in [2.05, 4.69) is 22.9 Å². The standard InChI is InChI=1S/C19H20N4OS2/c1-22-17(21-19(25)26-2)16(20-15-11-7-4-8-12-15)18(24)23(22)13-14-9-5-3-6-10-14/h3-12,20H,13H2,1-2H3,(H,21,25). The number of benzene rings is 2. The van der Waals surface area contributed by atoms with Crippen LogP contribution in [0.15, 0.2) is 70.5 Å². The van der Waals surface area contributed by atoms with Gasteiger partial charge >= 0.3 is 0 Å². The summed E-state index contributed by atoms with van der Waals surface area (Å²) in [7, 11) is 1.83. The van der Waals surface area contributed by atoms with Crippen molar-refractivity contribution in [3.05, 3.63) is 76.6 Å². The van der Waals surface area contributed by atoms with Crippen LogP contribution in [0.4, 0.5) is 17.2 Å². The third kappa shape index (κ3) is 4.05. The smallest absolute Gasteiger partial charge is 0.293 e. The lowest BCUT2D eigenvalue weighted by molar-refractivity contribution is 0.539. The van der Waals surface area contributed by atoms with Gasteiger partial charge in [-0.25, -0.2) is 9.67 Å². The molecule has 3 aromatic rings. The number of rotatable bonds is 5. The topological polar surface area (TPSA) is 51.3 Å². The molecular formula is C19H20N4OS2. The molecule has 0 aliphatic heterocycles. The monoisotopic (exact) mass is 384 g/mol. The molecule has 0 radical (unpaired) electrons. The summed E-state index contributed by atoms with van der Waals surface area (Å²) in [6, 6.07) is 19.5. The fraction of sp³-hybridized carbons (Fsp3) is 0.158. The van der Waals surface area contributed by atoms with Gasteiger partial charge in [0.2, 0.25) is 0 Å². The van der Waals surface area contributed by atoms with Gasteiger partial charge in [0.15, 0.2) is 11.5 Å². The lowest BCUT2D eigenvalue weighted by atomic mass is 10.2. The molecule has 3 rings (SSSR count). The third-order valence-electron chi connectivity index (χ3n) is 3.94. The highest BCUT2D eigenvalue weighted by Crippen LogP contribution is 2.27. The Morgan fingerprint density at radius 1 is 1.12 bits per heavy atom. The van der Waals surface area contributed by atoms with Gasteiger partial charge in [0.1, 0.15) is 4.38 Å². The number of thioether (sulfide) groups is 1. The highest BCUT2D eigenvalue weighted by atomic mass is 32.2. The summed E-state index contributed by atoms with van der Waals surface area (Å²) in [5.74, 6) is 0.550. The molecule has 0 saturated heterocycles. The number of aromatic nitrogens is 2. The molecular weight excluding hydrogens is 364 g/mol. The fourth-order valence-corrected chi connectivity index (χ4v) is 2.88. The van der Waals surface area contributed by atoms with E-state index >= 15 is 0 Å². The predicted octanol–water partition coefficient (Wildman–Crippen LogP) is 4.26. The molecule has 1 heterocycles. The molecule has 0 aliphatic rings. The maximum absolute atomic E-state index is 13.1. The summed E-state index contributed by atoms with van der Waals surface area (Å²) in [6.45, 7) is 0.469. The van der Waals surface area contributed by atoms with Crippen LogP contribution in [0.5, 0.6) is 0 Å². The SMILES string of the molecule is CS/C(S)=N/c1c(Nc2ccccc2)c(=O)n(Cc2ccccc2)n1C. The van der Waals surface area contributed by atoms with E-state index in [1.165, 1.54) is 11.8 Å². The zero-order chi connectivity index (χ0) is 18.5. The maximum atomic E-state index is 13.1. The largest absolute Gasteiger partial charge is 0.348 e. The minimum Gasteiger partial charge on any atom is -0.348 e. The summed E-state index contributed by atoms with van der Waals surface area (Å²) in [4.78, 5) is 17.6. The van der Waals surface area contributed by atoms with Gasteiger partial charge < -0.3 is 5.32 Å². The second kappa shape index (κ2) is 8.33. The van der Waals surface area contributed by atoms with E-state index in [9.17, 15) is 4.79 Å². The molecule has 2 aromatic carbocycles. The summed E-state index contributed by atoms with van der Waals surface area (Å²) < 4.78 is 4.03. The number of nitrogens with one attached hydrogen (secondary N) is 1. The zero-order valence-corrected chi connectivity index (χ0v) is 16.3. The Kier molecular flexibility index (Phi) is 5.90. The molecule has 0 saturated carbocycles. The van der Waals surface area contributed by atoms with Crippen LogP contribution in [0.2, 0.25) is 0 Å². The minimum absolute atomic E-state index is 0.124. The van der Waals surface area contributed by atoms with Crippen molar-refractivity contribution >= 4 is 46.0 Å². The van der Waals surface area contributed by atoms with Crippen molar-refractivity contribution in [3.8, 4) is 0 Å². The van der Waals surface area contributed by atoms with Crippen LogP contribution in [0.25, 0.3) is 0 Å². The molecule has 0 spiro atoms. The quantitative estimate of drug-likeness (QED) is 0.393. The number of anilines is 2. The Hall–Kier alpha value is -2.38. The van der Waals surface area contributed by atoms with Crippen LogP contribution in [-0.2, 0) is 13.6 Å². The van der Waals surface area contributed by atoms with Gasteiger partial charge in [-0.2, -0.15) is 0 Å². The minimum atomic E-state index is -0.124. The lowest BCUT2D eigenvalue weighted by Gasteiger charge is -2.08. The number of aliphatic imine (C=N–C) groups is 1. The van der Waals surface area contributed by atoms with E-state index in [0.29, 0.717) is 22.4 Å². The second-order valence-electron chi connectivity index (χ2n) is 5.66. The van der Waals surface area contributed by atoms with Gasteiger partial charge in [0.05, 0.1) is 6.54 Å². The maximum Gasteiger partial charge on any atom is 0.293 e. The average Bonchev–Trinajstić information content (AvgIpc) is 2.88. The predicted molar refractivity (Wildman–Crippen MR) is 115 cm³/mol. The van der Waals surface area contributed by atoms with Crippen molar-refractivity contribution in [1.82, 2.24) is 9.36 Å². The van der Waals surface area contributed by atoms with Crippen molar-refractivity contribution in [1.29, 1.82) is 0 Å². The van der Waals surface area contributed by atoms with Crippen molar-refractivity contribution in [3.63, 3.8) is 0 Å². The normalized spacial score (nSPS) is 11.6. The molecule has 0 aliphatic carbocycles. The van der Waals surface area contributed by atoms with E-state index in [1.54, 1.807) is 9.36 Å². The van der Waals surface area contributed by atoms with Crippen LogP contribution in [0, 0.1) is 0 Å². The number of para-hydroxylation sites is 1. The highest BCUT2D eigenvalue weighted by molar-refractivity contribution is 8.32. The molecule has 0 fully saturated rings. The molecule has 26 heavy (non-hydrogen) atoms. The third-order valence-corrected chi connectivity index (χ3v) is 5.05. The van der Waals surface area contributed by atoms with Crippen LogP contribution in [0.3, 0.4) is 0 Å².